The Hall–Kier alpha value is -2.32. The van der Waals surface area contributed by atoms with Crippen LogP contribution in [0, 0.1) is 11.6 Å². The zero-order chi connectivity index (χ0) is 19.5. The lowest BCUT2D eigenvalue weighted by Gasteiger charge is -2.30. The van der Waals surface area contributed by atoms with E-state index in [4.69, 9.17) is 4.74 Å². The van der Waals surface area contributed by atoms with Crippen LogP contribution in [0.2, 0.25) is 0 Å². The maximum Gasteiger partial charge on any atom is 0.270 e. The third-order valence-electron chi connectivity index (χ3n) is 5.30. The van der Waals surface area contributed by atoms with Gasteiger partial charge in [-0.1, -0.05) is 0 Å². The highest BCUT2D eigenvalue weighted by atomic mass is 19.1. The Labute approximate surface area is 162 Å². The summed E-state index contributed by atoms with van der Waals surface area (Å²) in [6, 6.07) is 3.62. The van der Waals surface area contributed by atoms with Gasteiger partial charge in [-0.15, -0.1) is 0 Å². The van der Waals surface area contributed by atoms with E-state index in [1.807, 2.05) is 4.90 Å². The number of nitrogens with zero attached hydrogens (tertiary/aromatic N) is 3. The average Bonchev–Trinajstić information content (AvgIpc) is 3.21. The number of likely N-dealkylation sites (tertiary alicyclic amines) is 1. The summed E-state index contributed by atoms with van der Waals surface area (Å²) in [7, 11) is 0. The number of carbonyl (C=O) groups is 1. The van der Waals surface area contributed by atoms with Gasteiger partial charge in [0, 0.05) is 38.3 Å². The van der Waals surface area contributed by atoms with E-state index in [2.05, 4.69) is 15.2 Å². The smallest absolute Gasteiger partial charge is 0.270 e. The van der Waals surface area contributed by atoms with Crippen molar-refractivity contribution in [2.24, 2.45) is 0 Å². The molecule has 2 aliphatic rings. The zero-order valence-electron chi connectivity index (χ0n) is 15.7. The average molecular weight is 390 g/mol. The molecule has 8 heteroatoms. The lowest BCUT2D eigenvalue weighted by Crippen LogP contribution is -2.37. The number of morpholine rings is 1. The molecular weight excluding hydrogens is 366 g/mol. The number of pyridine rings is 1. The Bertz CT molecular complexity index is 865. The van der Waals surface area contributed by atoms with Gasteiger partial charge in [-0.3, -0.25) is 4.79 Å². The van der Waals surface area contributed by atoms with E-state index in [1.165, 1.54) is 18.9 Å². The number of nitrogens with one attached hydrogen (secondary N) is 1. The van der Waals surface area contributed by atoms with Gasteiger partial charge < -0.3 is 19.9 Å². The molecule has 0 spiro atoms. The molecule has 0 unspecified atom stereocenters. The number of fused-ring (bicyclic) bond motifs is 1. The molecule has 6 nitrogen and oxygen atoms in total. The molecule has 1 N–H and O–H groups in total. The second kappa shape index (κ2) is 8.36. The van der Waals surface area contributed by atoms with Crippen LogP contribution in [-0.2, 0) is 4.74 Å². The van der Waals surface area contributed by atoms with Crippen LogP contribution in [0.15, 0.2) is 18.2 Å². The Morgan fingerprint density at radius 2 is 1.86 bits per heavy atom. The number of carbonyl (C=O) groups excluding carboxylic acids is 1. The van der Waals surface area contributed by atoms with Crippen LogP contribution in [0.3, 0.4) is 0 Å². The van der Waals surface area contributed by atoms with Crippen molar-refractivity contribution >= 4 is 22.5 Å². The highest BCUT2D eigenvalue weighted by Gasteiger charge is 2.21. The first kappa shape index (κ1) is 19.0. The van der Waals surface area contributed by atoms with Crippen molar-refractivity contribution in [1.82, 2.24) is 15.2 Å². The number of ether oxygens (including phenoxy) is 1. The Morgan fingerprint density at radius 1 is 1.11 bits per heavy atom. The minimum Gasteiger partial charge on any atom is -0.378 e. The van der Waals surface area contributed by atoms with Gasteiger partial charge in [0.25, 0.3) is 5.91 Å². The largest absolute Gasteiger partial charge is 0.378 e. The number of rotatable bonds is 5. The van der Waals surface area contributed by atoms with Crippen LogP contribution in [0.5, 0.6) is 0 Å². The van der Waals surface area contributed by atoms with Crippen LogP contribution in [0.4, 0.5) is 14.5 Å². The van der Waals surface area contributed by atoms with Crippen molar-refractivity contribution < 1.29 is 18.3 Å². The molecule has 2 fully saturated rings. The molecule has 0 radical (unpaired) electrons. The molecule has 2 aromatic rings. The third kappa shape index (κ3) is 4.07. The monoisotopic (exact) mass is 390 g/mol. The summed E-state index contributed by atoms with van der Waals surface area (Å²) in [5, 5.41) is 3.11. The van der Waals surface area contributed by atoms with E-state index < -0.39 is 11.6 Å². The number of amides is 1. The van der Waals surface area contributed by atoms with Crippen LogP contribution in [0.1, 0.15) is 23.3 Å². The van der Waals surface area contributed by atoms with E-state index in [1.54, 1.807) is 6.07 Å². The standard InChI is InChI=1S/C20H24F2N4O2/c21-14-11-15(22)19-16(12-14)24-17(13-18(19)26-7-9-28-10-8-26)20(27)23-3-6-25-4-1-2-5-25/h11-13H,1-10H2,(H,23,27). The molecule has 0 saturated carbocycles. The number of benzene rings is 1. The molecule has 2 saturated heterocycles. The first-order valence-corrected chi connectivity index (χ1v) is 9.75. The zero-order valence-corrected chi connectivity index (χ0v) is 15.7. The molecule has 0 aliphatic carbocycles. The molecule has 150 valence electrons. The molecule has 4 rings (SSSR count). The van der Waals surface area contributed by atoms with Crippen molar-refractivity contribution in [3.8, 4) is 0 Å². The lowest BCUT2D eigenvalue weighted by atomic mass is 10.1. The van der Waals surface area contributed by atoms with E-state index in [9.17, 15) is 13.6 Å². The Balaban J connectivity index is 1.61. The van der Waals surface area contributed by atoms with E-state index in [0.717, 1.165) is 25.7 Å². The maximum absolute atomic E-state index is 14.5. The maximum atomic E-state index is 14.5. The van der Waals surface area contributed by atoms with Crippen molar-refractivity contribution in [2.45, 2.75) is 12.8 Å². The number of hydrogen-bond acceptors (Lipinski definition) is 5. The molecule has 3 heterocycles. The van der Waals surface area contributed by atoms with Crippen LogP contribution in [-0.4, -0.2) is 68.3 Å². The van der Waals surface area contributed by atoms with E-state index in [0.29, 0.717) is 38.5 Å². The fourth-order valence-corrected chi connectivity index (χ4v) is 3.86. The number of aromatic nitrogens is 1. The van der Waals surface area contributed by atoms with Gasteiger partial charge in [0.05, 0.1) is 29.8 Å². The second-order valence-electron chi connectivity index (χ2n) is 7.21. The quantitative estimate of drug-likeness (QED) is 0.848. The fourth-order valence-electron chi connectivity index (χ4n) is 3.86. The predicted octanol–water partition coefficient (Wildman–Crippen LogP) is 2.18. The van der Waals surface area contributed by atoms with E-state index >= 15 is 0 Å². The van der Waals surface area contributed by atoms with Gasteiger partial charge >= 0.3 is 0 Å². The molecule has 1 aromatic carbocycles. The topological polar surface area (TPSA) is 57.7 Å². The Kier molecular flexibility index (Phi) is 5.68. The second-order valence-corrected chi connectivity index (χ2v) is 7.21. The molecule has 1 amide bonds. The summed E-state index contributed by atoms with van der Waals surface area (Å²) in [5.41, 5.74) is 0.863. The fraction of sp³-hybridized carbons (Fsp3) is 0.500. The van der Waals surface area contributed by atoms with Gasteiger partial charge in [0.2, 0.25) is 0 Å². The SMILES string of the molecule is O=C(NCCN1CCCC1)c1cc(N2CCOCC2)c2c(F)cc(F)cc2n1. The minimum atomic E-state index is -0.711. The highest BCUT2D eigenvalue weighted by molar-refractivity contribution is 6.00. The molecule has 1 aromatic heterocycles. The summed E-state index contributed by atoms with van der Waals surface area (Å²) in [6.45, 7) is 5.61. The van der Waals surface area contributed by atoms with Crippen molar-refractivity contribution in [3.63, 3.8) is 0 Å². The van der Waals surface area contributed by atoms with Crippen molar-refractivity contribution in [2.75, 3.05) is 57.4 Å². The normalized spacial score (nSPS) is 18.0. The summed E-state index contributed by atoms with van der Waals surface area (Å²) < 4.78 is 33.7. The predicted molar refractivity (Wildman–Crippen MR) is 103 cm³/mol. The highest BCUT2D eigenvalue weighted by Crippen LogP contribution is 2.30. The molecule has 28 heavy (non-hydrogen) atoms. The number of halogens is 2. The van der Waals surface area contributed by atoms with Gasteiger partial charge in [-0.25, -0.2) is 13.8 Å². The lowest BCUT2D eigenvalue weighted by molar-refractivity contribution is 0.0945. The number of anilines is 1. The van der Waals surface area contributed by atoms with Crippen LogP contribution >= 0.6 is 0 Å². The molecule has 0 atom stereocenters. The third-order valence-corrected chi connectivity index (χ3v) is 5.30. The Morgan fingerprint density at radius 3 is 2.61 bits per heavy atom. The number of hydrogen-bond donors (Lipinski definition) is 1. The van der Waals surface area contributed by atoms with Crippen molar-refractivity contribution in [3.05, 3.63) is 35.5 Å². The van der Waals surface area contributed by atoms with Crippen LogP contribution in [0.25, 0.3) is 10.9 Å². The summed E-state index contributed by atoms with van der Waals surface area (Å²) in [4.78, 5) is 21.1. The summed E-state index contributed by atoms with van der Waals surface area (Å²) in [6.07, 6.45) is 2.39. The first-order valence-electron chi connectivity index (χ1n) is 9.75. The van der Waals surface area contributed by atoms with Gasteiger partial charge in [0.15, 0.2) is 0 Å². The van der Waals surface area contributed by atoms with Gasteiger partial charge in [-0.05, 0) is 32.0 Å². The summed E-state index contributed by atoms with van der Waals surface area (Å²) >= 11 is 0. The molecular formula is C20H24F2N4O2. The molecule has 2 aliphatic heterocycles. The minimum absolute atomic E-state index is 0.145. The van der Waals surface area contributed by atoms with Gasteiger partial charge in [0.1, 0.15) is 17.3 Å². The summed E-state index contributed by atoms with van der Waals surface area (Å²) in [5.74, 6) is -1.72. The van der Waals surface area contributed by atoms with E-state index in [-0.39, 0.29) is 22.5 Å². The van der Waals surface area contributed by atoms with Crippen molar-refractivity contribution in [1.29, 1.82) is 0 Å². The van der Waals surface area contributed by atoms with Gasteiger partial charge in [-0.2, -0.15) is 0 Å². The van der Waals surface area contributed by atoms with Crippen LogP contribution < -0.4 is 10.2 Å². The molecule has 0 bridgehead atoms. The first-order chi connectivity index (χ1) is 13.6.